The zero-order valence-electron chi connectivity index (χ0n) is 10.4. The van der Waals surface area contributed by atoms with E-state index in [2.05, 4.69) is 15.9 Å². The minimum atomic E-state index is -0.295. The van der Waals surface area contributed by atoms with E-state index in [1.54, 1.807) is 0 Å². The Kier molecular flexibility index (Phi) is 3.43. The van der Waals surface area contributed by atoms with Crippen LogP contribution in [0.15, 0.2) is 6.07 Å². The summed E-state index contributed by atoms with van der Waals surface area (Å²) in [6.07, 6.45) is 1.68. The highest BCUT2D eigenvalue weighted by atomic mass is 79.9. The lowest BCUT2D eigenvalue weighted by Crippen LogP contribution is -2.24. The molecule has 18 heavy (non-hydrogen) atoms. The first-order valence-electron chi connectivity index (χ1n) is 5.79. The Hall–Kier alpha value is -1.36. The second-order valence-corrected chi connectivity index (χ2v) is 5.27. The number of hydrogen-bond acceptors (Lipinski definition) is 3. The summed E-state index contributed by atoms with van der Waals surface area (Å²) >= 11 is 3.37. The number of alkyl halides is 1. The number of carbonyl (C=O) groups is 2. The molecule has 0 fully saturated rings. The molecule has 1 aliphatic rings. The number of anilines is 1. The van der Waals surface area contributed by atoms with Crippen LogP contribution in [0.1, 0.15) is 38.3 Å². The fourth-order valence-corrected chi connectivity index (χ4v) is 2.53. The van der Waals surface area contributed by atoms with Gasteiger partial charge in [-0.2, -0.15) is 0 Å². The maximum absolute atomic E-state index is 12.1. The molecule has 0 saturated carbocycles. The molecule has 0 radical (unpaired) electrons. The number of benzene rings is 1. The molecule has 1 aromatic rings. The lowest BCUT2D eigenvalue weighted by atomic mass is 9.95. The third-order valence-electron chi connectivity index (χ3n) is 3.27. The van der Waals surface area contributed by atoms with E-state index in [4.69, 9.17) is 5.73 Å². The van der Waals surface area contributed by atoms with Gasteiger partial charge < -0.3 is 5.73 Å². The van der Waals surface area contributed by atoms with Gasteiger partial charge in [0, 0.05) is 18.1 Å². The number of amides is 2. The highest BCUT2D eigenvalue weighted by molar-refractivity contribution is 9.09. The third kappa shape index (κ3) is 1.82. The Bertz CT molecular complexity index is 540. The number of nitrogen functional groups attached to an aromatic ring is 1. The summed E-state index contributed by atoms with van der Waals surface area (Å²) in [5.41, 5.74) is 9.01. The Balaban J connectivity index is 2.63. The van der Waals surface area contributed by atoms with Crippen molar-refractivity contribution in [1.82, 2.24) is 4.90 Å². The Morgan fingerprint density at radius 1 is 1.28 bits per heavy atom. The van der Waals surface area contributed by atoms with Gasteiger partial charge in [0.25, 0.3) is 11.8 Å². The van der Waals surface area contributed by atoms with Crippen LogP contribution in [0.4, 0.5) is 5.69 Å². The molecule has 2 rings (SSSR count). The van der Waals surface area contributed by atoms with Gasteiger partial charge in [0.2, 0.25) is 0 Å². The van der Waals surface area contributed by atoms with Gasteiger partial charge in [-0.1, -0.05) is 22.0 Å². The van der Waals surface area contributed by atoms with E-state index in [0.717, 1.165) is 34.2 Å². The number of nitrogens with two attached hydrogens (primary N) is 1. The fraction of sp³-hybridized carbons (Fsp3) is 0.385. The first-order valence-corrected chi connectivity index (χ1v) is 6.91. The van der Waals surface area contributed by atoms with E-state index < -0.39 is 0 Å². The number of aryl methyl sites for hydroxylation is 2. The van der Waals surface area contributed by atoms with E-state index in [0.29, 0.717) is 16.8 Å². The molecule has 5 heteroatoms. The summed E-state index contributed by atoms with van der Waals surface area (Å²) in [4.78, 5) is 25.3. The van der Waals surface area contributed by atoms with Gasteiger partial charge in [-0.3, -0.25) is 14.5 Å². The van der Waals surface area contributed by atoms with Crippen LogP contribution in [-0.2, 0) is 6.42 Å². The molecule has 96 valence electrons. The zero-order valence-corrected chi connectivity index (χ0v) is 12.0. The molecule has 0 saturated heterocycles. The molecule has 1 aromatic carbocycles. The van der Waals surface area contributed by atoms with Gasteiger partial charge in [-0.15, -0.1) is 0 Å². The fourth-order valence-electron chi connectivity index (χ4n) is 2.25. The van der Waals surface area contributed by atoms with Crippen LogP contribution < -0.4 is 5.73 Å². The van der Waals surface area contributed by atoms with E-state index in [1.165, 1.54) is 7.05 Å². The quantitative estimate of drug-likeness (QED) is 0.528. The van der Waals surface area contributed by atoms with Crippen molar-refractivity contribution in [2.45, 2.75) is 19.8 Å². The van der Waals surface area contributed by atoms with Crippen LogP contribution in [-0.4, -0.2) is 29.1 Å². The smallest absolute Gasteiger partial charge is 0.263 e. The van der Waals surface area contributed by atoms with Crippen molar-refractivity contribution in [3.05, 3.63) is 28.3 Å². The van der Waals surface area contributed by atoms with Gasteiger partial charge in [0.15, 0.2) is 0 Å². The molecule has 0 bridgehead atoms. The summed E-state index contributed by atoms with van der Waals surface area (Å²) in [6, 6.07) is 1.92. The van der Waals surface area contributed by atoms with Crippen molar-refractivity contribution < 1.29 is 9.59 Å². The van der Waals surface area contributed by atoms with Crippen molar-refractivity contribution >= 4 is 33.4 Å². The van der Waals surface area contributed by atoms with Gasteiger partial charge in [-0.05, 0) is 30.9 Å². The second-order valence-electron chi connectivity index (χ2n) is 4.48. The predicted octanol–water partition coefficient (Wildman–Crippen LogP) is 2.13. The van der Waals surface area contributed by atoms with E-state index >= 15 is 0 Å². The molecule has 1 heterocycles. The summed E-state index contributed by atoms with van der Waals surface area (Å²) in [5, 5.41) is 0.864. The first kappa shape index (κ1) is 13.1. The Morgan fingerprint density at radius 3 is 2.50 bits per heavy atom. The highest BCUT2D eigenvalue weighted by Gasteiger charge is 2.37. The number of nitrogens with zero attached hydrogens (tertiary/aromatic N) is 1. The van der Waals surface area contributed by atoms with Crippen LogP contribution in [0.25, 0.3) is 0 Å². The van der Waals surface area contributed by atoms with Gasteiger partial charge in [0.1, 0.15) is 0 Å². The van der Waals surface area contributed by atoms with Crippen molar-refractivity contribution in [2.24, 2.45) is 0 Å². The van der Waals surface area contributed by atoms with Crippen LogP contribution in [0.3, 0.4) is 0 Å². The molecular weight excluding hydrogens is 296 g/mol. The zero-order chi connectivity index (χ0) is 13.4. The summed E-state index contributed by atoms with van der Waals surface area (Å²) in [7, 11) is 1.49. The molecule has 0 aromatic heterocycles. The summed E-state index contributed by atoms with van der Waals surface area (Å²) in [5.74, 6) is -0.539. The van der Waals surface area contributed by atoms with E-state index in [1.807, 2.05) is 13.0 Å². The highest BCUT2D eigenvalue weighted by Crippen LogP contribution is 2.33. The number of carbonyl (C=O) groups excluding carboxylic acids is 2. The number of imide groups is 1. The molecule has 0 spiro atoms. The van der Waals surface area contributed by atoms with Crippen LogP contribution >= 0.6 is 15.9 Å². The van der Waals surface area contributed by atoms with Crippen molar-refractivity contribution in [3.8, 4) is 0 Å². The molecular formula is C13H15BrN2O2. The summed E-state index contributed by atoms with van der Waals surface area (Å²) < 4.78 is 0. The van der Waals surface area contributed by atoms with Crippen LogP contribution in [0.2, 0.25) is 0 Å². The summed E-state index contributed by atoms with van der Waals surface area (Å²) in [6.45, 7) is 1.86. The molecule has 2 N–H and O–H groups in total. The lowest BCUT2D eigenvalue weighted by Gasteiger charge is -2.10. The predicted molar refractivity (Wildman–Crippen MR) is 74.1 cm³/mol. The average molecular weight is 311 g/mol. The molecule has 0 aliphatic carbocycles. The maximum atomic E-state index is 12.1. The average Bonchev–Trinajstić information content (AvgIpc) is 2.57. The monoisotopic (exact) mass is 310 g/mol. The van der Waals surface area contributed by atoms with Crippen molar-refractivity contribution in [2.75, 3.05) is 18.1 Å². The molecule has 4 nitrogen and oxygen atoms in total. The van der Waals surface area contributed by atoms with E-state index in [-0.39, 0.29) is 11.8 Å². The Morgan fingerprint density at radius 2 is 1.89 bits per heavy atom. The van der Waals surface area contributed by atoms with E-state index in [9.17, 15) is 9.59 Å². The normalized spacial score (nSPS) is 14.3. The second kappa shape index (κ2) is 4.72. The number of hydrogen-bond donors (Lipinski definition) is 1. The topological polar surface area (TPSA) is 63.4 Å². The third-order valence-corrected chi connectivity index (χ3v) is 3.83. The number of fused-ring (bicyclic) bond motifs is 1. The number of rotatable bonds is 3. The van der Waals surface area contributed by atoms with Gasteiger partial charge in [0.05, 0.1) is 11.1 Å². The SMILES string of the molecule is Cc1cc(CCCBr)c2c(c1N)C(=O)N(C)C2=O. The van der Waals surface area contributed by atoms with Crippen LogP contribution in [0.5, 0.6) is 0 Å². The van der Waals surface area contributed by atoms with Crippen molar-refractivity contribution in [3.63, 3.8) is 0 Å². The van der Waals surface area contributed by atoms with Crippen molar-refractivity contribution in [1.29, 1.82) is 0 Å². The number of halogens is 1. The standard InChI is InChI=1S/C13H15BrN2O2/c1-7-6-8(4-3-5-14)9-10(11(7)15)13(18)16(2)12(9)17/h6H,3-5,15H2,1-2H3. The van der Waals surface area contributed by atoms with Gasteiger partial charge in [-0.25, -0.2) is 0 Å². The maximum Gasteiger partial charge on any atom is 0.263 e. The van der Waals surface area contributed by atoms with Crippen LogP contribution in [0, 0.1) is 6.92 Å². The first-order chi connectivity index (χ1) is 8.49. The molecule has 2 amide bonds. The largest absolute Gasteiger partial charge is 0.398 e. The minimum Gasteiger partial charge on any atom is -0.398 e. The lowest BCUT2D eigenvalue weighted by molar-refractivity contribution is 0.0693. The molecule has 0 atom stereocenters. The Labute approximate surface area is 114 Å². The molecule has 0 unspecified atom stereocenters. The minimum absolute atomic E-state index is 0.244. The molecule has 1 aliphatic heterocycles. The van der Waals surface area contributed by atoms with Gasteiger partial charge >= 0.3 is 0 Å².